The molecular weight excluding hydrogens is 312 g/mol. The van der Waals surface area contributed by atoms with Crippen LogP contribution in [0.1, 0.15) is 18.9 Å². The van der Waals surface area contributed by atoms with Crippen molar-refractivity contribution in [2.24, 2.45) is 5.92 Å². The molecule has 0 spiro atoms. The van der Waals surface area contributed by atoms with Gasteiger partial charge in [-0.15, -0.1) is 0 Å². The molecule has 1 aliphatic rings. The summed E-state index contributed by atoms with van der Waals surface area (Å²) in [6, 6.07) is 20.4. The van der Waals surface area contributed by atoms with E-state index in [4.69, 9.17) is 4.74 Å². The maximum Gasteiger partial charge on any atom is 0.331 e. The minimum atomic E-state index is -0.677. The quantitative estimate of drug-likeness (QED) is 0.847. The van der Waals surface area contributed by atoms with Crippen molar-refractivity contribution >= 4 is 11.7 Å². The van der Waals surface area contributed by atoms with Crippen molar-refractivity contribution in [3.63, 3.8) is 0 Å². The third-order valence-electron chi connectivity index (χ3n) is 5.14. The van der Waals surface area contributed by atoms with Crippen LogP contribution in [-0.2, 0) is 16.1 Å². The van der Waals surface area contributed by atoms with E-state index in [1.54, 1.807) is 0 Å². The van der Waals surface area contributed by atoms with Gasteiger partial charge in [0.05, 0.1) is 7.11 Å². The predicted octanol–water partition coefficient (Wildman–Crippen LogP) is 3.55. The van der Waals surface area contributed by atoms with Crippen LogP contribution in [0.2, 0.25) is 0 Å². The Kier molecular flexibility index (Phi) is 5.39. The SMILES string of the molecule is COC(=O)[C@@]1(Nc2ccccc2)CCN(Cc2ccccc2)C[C@H]1C. The van der Waals surface area contributed by atoms with Crippen molar-refractivity contribution in [3.05, 3.63) is 66.2 Å². The van der Waals surface area contributed by atoms with E-state index < -0.39 is 5.54 Å². The fourth-order valence-corrected chi connectivity index (χ4v) is 3.70. The van der Waals surface area contributed by atoms with Crippen molar-refractivity contribution in [1.29, 1.82) is 0 Å². The van der Waals surface area contributed by atoms with Gasteiger partial charge < -0.3 is 10.1 Å². The Labute approximate surface area is 149 Å². The number of para-hydroxylation sites is 1. The molecule has 2 aromatic rings. The highest BCUT2D eigenvalue weighted by atomic mass is 16.5. The molecule has 0 bridgehead atoms. The number of rotatable bonds is 5. The van der Waals surface area contributed by atoms with Crippen molar-refractivity contribution < 1.29 is 9.53 Å². The summed E-state index contributed by atoms with van der Waals surface area (Å²) < 4.78 is 5.17. The molecule has 2 atom stereocenters. The molecule has 4 heteroatoms. The van der Waals surface area contributed by atoms with Gasteiger partial charge in [-0.2, -0.15) is 0 Å². The summed E-state index contributed by atoms with van der Waals surface area (Å²) in [5.41, 5.74) is 1.58. The smallest absolute Gasteiger partial charge is 0.331 e. The first-order chi connectivity index (χ1) is 12.1. The molecule has 132 valence electrons. The molecule has 1 aliphatic heterocycles. The highest BCUT2D eigenvalue weighted by Gasteiger charge is 2.47. The van der Waals surface area contributed by atoms with E-state index in [1.165, 1.54) is 12.7 Å². The number of carbonyl (C=O) groups excluding carboxylic acids is 1. The fourth-order valence-electron chi connectivity index (χ4n) is 3.70. The fraction of sp³-hybridized carbons (Fsp3) is 0.381. The zero-order valence-electron chi connectivity index (χ0n) is 14.9. The van der Waals surface area contributed by atoms with E-state index in [1.807, 2.05) is 36.4 Å². The first-order valence-corrected chi connectivity index (χ1v) is 8.82. The first kappa shape index (κ1) is 17.5. The number of anilines is 1. The lowest BCUT2D eigenvalue weighted by Crippen LogP contribution is -2.60. The van der Waals surface area contributed by atoms with Crippen LogP contribution in [0.3, 0.4) is 0 Å². The van der Waals surface area contributed by atoms with E-state index in [0.717, 1.165) is 31.7 Å². The Morgan fingerprint density at radius 2 is 1.80 bits per heavy atom. The average Bonchev–Trinajstić information content (AvgIpc) is 2.65. The Morgan fingerprint density at radius 1 is 1.16 bits per heavy atom. The number of benzene rings is 2. The first-order valence-electron chi connectivity index (χ1n) is 8.82. The van der Waals surface area contributed by atoms with E-state index in [0.29, 0.717) is 0 Å². The predicted molar refractivity (Wildman–Crippen MR) is 100 cm³/mol. The molecule has 0 radical (unpaired) electrons. The largest absolute Gasteiger partial charge is 0.467 e. The van der Waals surface area contributed by atoms with Gasteiger partial charge in [0.25, 0.3) is 0 Å². The summed E-state index contributed by atoms with van der Waals surface area (Å²) in [6.07, 6.45) is 0.725. The summed E-state index contributed by atoms with van der Waals surface area (Å²) in [7, 11) is 1.47. The van der Waals surface area contributed by atoms with Gasteiger partial charge in [-0.3, -0.25) is 4.90 Å². The molecule has 1 fully saturated rings. The molecule has 0 unspecified atom stereocenters. The number of hydrogen-bond acceptors (Lipinski definition) is 4. The van der Waals surface area contributed by atoms with Gasteiger partial charge in [0.2, 0.25) is 0 Å². The summed E-state index contributed by atoms with van der Waals surface area (Å²) in [5, 5.41) is 3.48. The molecule has 3 rings (SSSR count). The highest BCUT2D eigenvalue weighted by Crippen LogP contribution is 2.33. The Morgan fingerprint density at radius 3 is 2.40 bits per heavy atom. The number of nitrogens with one attached hydrogen (secondary N) is 1. The zero-order valence-corrected chi connectivity index (χ0v) is 14.9. The van der Waals surface area contributed by atoms with Crippen LogP contribution in [-0.4, -0.2) is 36.6 Å². The molecule has 1 heterocycles. The molecule has 0 aromatic heterocycles. The number of ether oxygens (including phenoxy) is 1. The molecular formula is C21H26N2O2. The minimum absolute atomic E-state index is 0.137. The van der Waals surface area contributed by atoms with Gasteiger partial charge >= 0.3 is 5.97 Å². The van der Waals surface area contributed by atoms with Gasteiger partial charge in [-0.25, -0.2) is 4.79 Å². The van der Waals surface area contributed by atoms with Gasteiger partial charge in [-0.1, -0.05) is 55.5 Å². The van der Waals surface area contributed by atoms with Crippen molar-refractivity contribution in [2.75, 3.05) is 25.5 Å². The molecule has 0 aliphatic carbocycles. The molecule has 0 saturated carbocycles. The topological polar surface area (TPSA) is 41.6 Å². The summed E-state index contributed by atoms with van der Waals surface area (Å²) >= 11 is 0. The number of likely N-dealkylation sites (tertiary alicyclic amines) is 1. The third kappa shape index (κ3) is 3.85. The maximum atomic E-state index is 12.7. The zero-order chi connectivity index (χ0) is 17.7. The highest BCUT2D eigenvalue weighted by molar-refractivity contribution is 5.85. The summed E-state index contributed by atoms with van der Waals surface area (Å²) in [4.78, 5) is 15.1. The van der Waals surface area contributed by atoms with Gasteiger partial charge in [0, 0.05) is 31.2 Å². The number of piperidine rings is 1. The molecule has 0 amide bonds. The molecule has 1 saturated heterocycles. The number of carbonyl (C=O) groups is 1. The van der Waals surface area contributed by atoms with Crippen LogP contribution >= 0.6 is 0 Å². The van der Waals surface area contributed by atoms with Gasteiger partial charge in [0.1, 0.15) is 5.54 Å². The average molecular weight is 338 g/mol. The second kappa shape index (κ2) is 7.70. The number of esters is 1. The molecule has 25 heavy (non-hydrogen) atoms. The lowest BCUT2D eigenvalue weighted by Gasteiger charge is -2.45. The van der Waals surface area contributed by atoms with E-state index in [2.05, 4.69) is 41.4 Å². The van der Waals surface area contributed by atoms with Crippen LogP contribution in [0.4, 0.5) is 5.69 Å². The van der Waals surface area contributed by atoms with E-state index in [9.17, 15) is 4.79 Å². The van der Waals surface area contributed by atoms with Crippen LogP contribution < -0.4 is 5.32 Å². The van der Waals surface area contributed by atoms with E-state index >= 15 is 0 Å². The van der Waals surface area contributed by atoms with Crippen molar-refractivity contribution in [3.8, 4) is 0 Å². The monoisotopic (exact) mass is 338 g/mol. The summed E-state index contributed by atoms with van der Waals surface area (Å²) in [6.45, 7) is 4.75. The third-order valence-corrected chi connectivity index (χ3v) is 5.14. The van der Waals surface area contributed by atoms with Gasteiger partial charge in [-0.05, 0) is 24.1 Å². The molecule has 2 aromatic carbocycles. The minimum Gasteiger partial charge on any atom is -0.467 e. The number of methoxy groups -OCH3 is 1. The lowest BCUT2D eigenvalue weighted by molar-refractivity contribution is -0.150. The van der Waals surface area contributed by atoms with Crippen LogP contribution in [0.5, 0.6) is 0 Å². The maximum absolute atomic E-state index is 12.7. The van der Waals surface area contributed by atoms with Crippen LogP contribution in [0.15, 0.2) is 60.7 Å². The van der Waals surface area contributed by atoms with Crippen molar-refractivity contribution in [1.82, 2.24) is 4.90 Å². The number of nitrogens with zero attached hydrogens (tertiary/aromatic N) is 1. The summed E-state index contributed by atoms with van der Waals surface area (Å²) in [5.74, 6) is -0.0409. The van der Waals surface area contributed by atoms with Crippen LogP contribution in [0.25, 0.3) is 0 Å². The molecule has 4 nitrogen and oxygen atoms in total. The van der Waals surface area contributed by atoms with E-state index in [-0.39, 0.29) is 11.9 Å². The lowest BCUT2D eigenvalue weighted by atomic mass is 9.78. The standard InChI is InChI=1S/C21H26N2O2/c1-17-15-23(16-18-9-5-3-6-10-18)14-13-21(17,20(24)25-2)22-19-11-7-4-8-12-19/h3-12,17,22H,13-16H2,1-2H3/t17-,21-/m1/s1. The molecule has 1 N–H and O–H groups in total. The van der Waals surface area contributed by atoms with Gasteiger partial charge in [0.15, 0.2) is 0 Å². The Bertz CT molecular complexity index is 690. The second-order valence-corrected chi connectivity index (χ2v) is 6.83. The Balaban J connectivity index is 1.75. The normalized spacial score (nSPS) is 23.8. The van der Waals surface area contributed by atoms with Crippen molar-refractivity contribution in [2.45, 2.75) is 25.4 Å². The number of hydrogen-bond donors (Lipinski definition) is 1. The van der Waals surface area contributed by atoms with Crippen LogP contribution in [0, 0.1) is 5.92 Å². The Hall–Kier alpha value is -2.33. The second-order valence-electron chi connectivity index (χ2n) is 6.83.